The number of aryl methyl sites for hydroxylation is 1. The summed E-state index contributed by atoms with van der Waals surface area (Å²) in [6.07, 6.45) is 4.02. The Bertz CT molecular complexity index is 741. The molecule has 3 saturated heterocycles. The molecule has 5 aliphatic rings. The maximum atomic E-state index is 13.5. The van der Waals surface area contributed by atoms with Crippen LogP contribution in [0.25, 0.3) is 0 Å². The molecule has 24 heavy (non-hydrogen) atoms. The Balaban J connectivity index is 1.74. The van der Waals surface area contributed by atoms with Gasteiger partial charge in [-0.3, -0.25) is 9.80 Å². The topological polar surface area (TPSA) is 66.6 Å². The summed E-state index contributed by atoms with van der Waals surface area (Å²) in [7, 11) is 0. The van der Waals surface area contributed by atoms with Gasteiger partial charge in [-0.2, -0.15) is 0 Å². The van der Waals surface area contributed by atoms with E-state index in [1.54, 1.807) is 0 Å². The summed E-state index contributed by atoms with van der Waals surface area (Å²) >= 11 is 0. The highest BCUT2D eigenvalue weighted by Crippen LogP contribution is 2.51. The predicted molar refractivity (Wildman–Crippen MR) is 91.8 cm³/mol. The van der Waals surface area contributed by atoms with E-state index in [1.165, 1.54) is 5.56 Å². The van der Waals surface area contributed by atoms with Gasteiger partial charge in [0.2, 0.25) is 0 Å². The lowest BCUT2D eigenvalue weighted by molar-refractivity contribution is 0.0407. The average Bonchev–Trinajstić information content (AvgIpc) is 2.88. The standard InChI is InChI=1S/C18H22N4O2/c19-17(23)22(15-11-20-9-6-12(15)7-10-20)14-5-1-3-13-4-2-8-21(16(13)14)18(22)24/h1,3,5,12,15H,2,4,6-11H2,(H-,19,23)/p+1. The van der Waals surface area contributed by atoms with E-state index >= 15 is 0 Å². The van der Waals surface area contributed by atoms with Gasteiger partial charge >= 0.3 is 12.1 Å². The second kappa shape index (κ2) is 4.80. The highest BCUT2D eigenvalue weighted by Gasteiger charge is 2.64. The first-order valence-corrected chi connectivity index (χ1v) is 8.99. The lowest BCUT2D eigenvalue weighted by Gasteiger charge is -2.48. The van der Waals surface area contributed by atoms with Crippen molar-refractivity contribution in [2.45, 2.75) is 31.7 Å². The Morgan fingerprint density at radius 2 is 2.00 bits per heavy atom. The number of nitrogens with two attached hydrogens (primary N) is 1. The summed E-state index contributed by atoms with van der Waals surface area (Å²) in [5, 5.41) is 0. The Morgan fingerprint density at radius 3 is 2.67 bits per heavy atom. The largest absolute Gasteiger partial charge is 0.438 e. The molecule has 2 N–H and O–H groups in total. The van der Waals surface area contributed by atoms with Crippen LogP contribution in [0.3, 0.4) is 0 Å². The van der Waals surface area contributed by atoms with E-state index in [0.717, 1.165) is 56.7 Å². The van der Waals surface area contributed by atoms with Gasteiger partial charge in [0, 0.05) is 18.5 Å². The van der Waals surface area contributed by atoms with Gasteiger partial charge in [0.1, 0.15) is 11.7 Å². The van der Waals surface area contributed by atoms with Crippen LogP contribution in [-0.4, -0.2) is 49.2 Å². The molecule has 0 aliphatic carbocycles. The van der Waals surface area contributed by atoms with Crippen LogP contribution >= 0.6 is 0 Å². The zero-order valence-corrected chi connectivity index (χ0v) is 13.8. The minimum Gasteiger partial charge on any atom is -0.318 e. The SMILES string of the molecule is NC(=O)[N+]1(C2CN3CCC2CC3)C(=O)N2CCCc3cccc1c32. The van der Waals surface area contributed by atoms with Gasteiger partial charge in [-0.05, 0) is 44.3 Å². The van der Waals surface area contributed by atoms with E-state index in [2.05, 4.69) is 11.0 Å². The van der Waals surface area contributed by atoms with Crippen molar-refractivity contribution in [2.24, 2.45) is 11.7 Å². The maximum absolute atomic E-state index is 13.5. The van der Waals surface area contributed by atoms with Gasteiger partial charge < -0.3 is 5.73 Å². The Labute approximate surface area is 141 Å². The number of urea groups is 2. The zero-order valence-electron chi connectivity index (χ0n) is 13.8. The normalized spacial score (nSPS) is 36.8. The molecule has 6 nitrogen and oxygen atoms in total. The minimum absolute atomic E-state index is 0.0467. The summed E-state index contributed by atoms with van der Waals surface area (Å²) in [6, 6.07) is 5.33. The molecule has 5 heterocycles. The number of fused-ring (bicyclic) bond motifs is 3. The number of rotatable bonds is 1. The Hall–Kier alpha value is -1.92. The summed E-state index contributed by atoms with van der Waals surface area (Å²) in [5.74, 6) is 0.392. The summed E-state index contributed by atoms with van der Waals surface area (Å²) in [5.41, 5.74) is 8.92. The predicted octanol–water partition coefficient (Wildman–Crippen LogP) is 2.05. The number of nitrogens with zero attached hydrogens (tertiary/aromatic N) is 3. The van der Waals surface area contributed by atoms with Crippen LogP contribution in [0.2, 0.25) is 0 Å². The van der Waals surface area contributed by atoms with E-state index in [9.17, 15) is 9.59 Å². The van der Waals surface area contributed by atoms with Crippen molar-refractivity contribution in [1.82, 2.24) is 9.38 Å². The number of hydrogen-bond acceptors (Lipinski definition) is 3. The Morgan fingerprint density at radius 1 is 1.21 bits per heavy atom. The van der Waals surface area contributed by atoms with Crippen molar-refractivity contribution >= 4 is 23.4 Å². The molecule has 2 atom stereocenters. The van der Waals surface area contributed by atoms with E-state index in [0.29, 0.717) is 12.5 Å². The lowest BCUT2D eigenvalue weighted by atomic mass is 9.81. The first-order valence-electron chi connectivity index (χ1n) is 8.99. The quantitative estimate of drug-likeness (QED) is 0.803. The third-order valence-corrected chi connectivity index (χ3v) is 6.58. The second-order valence-corrected chi connectivity index (χ2v) is 7.59. The first-order chi connectivity index (χ1) is 11.6. The molecule has 0 spiro atoms. The summed E-state index contributed by atoms with van der Waals surface area (Å²) < 4.78 is -0.287. The molecule has 0 radical (unpaired) electrons. The van der Waals surface area contributed by atoms with Gasteiger partial charge in [0.15, 0.2) is 5.69 Å². The van der Waals surface area contributed by atoms with Crippen molar-refractivity contribution in [2.75, 3.05) is 31.1 Å². The fourth-order valence-electron chi connectivity index (χ4n) is 5.47. The summed E-state index contributed by atoms with van der Waals surface area (Å²) in [6.45, 7) is 3.63. The first kappa shape index (κ1) is 14.4. The molecule has 2 bridgehead atoms. The van der Waals surface area contributed by atoms with Crippen molar-refractivity contribution in [3.05, 3.63) is 23.8 Å². The van der Waals surface area contributed by atoms with Crippen molar-refractivity contribution in [3.63, 3.8) is 0 Å². The number of quaternary nitrogens is 1. The number of amides is 4. The number of hydrogen-bond donors (Lipinski definition) is 1. The van der Waals surface area contributed by atoms with Crippen LogP contribution in [0.1, 0.15) is 24.8 Å². The van der Waals surface area contributed by atoms with Crippen LogP contribution in [0, 0.1) is 5.92 Å². The molecule has 0 aromatic heterocycles. The fraction of sp³-hybridized carbons (Fsp3) is 0.556. The monoisotopic (exact) mass is 327 g/mol. The van der Waals surface area contributed by atoms with E-state index < -0.39 is 6.03 Å². The fourth-order valence-corrected chi connectivity index (χ4v) is 5.47. The van der Waals surface area contributed by atoms with E-state index in [4.69, 9.17) is 5.73 Å². The number of carbonyl (C=O) groups is 2. The number of imide groups is 1. The van der Waals surface area contributed by atoms with Gasteiger partial charge in [-0.1, -0.05) is 12.1 Å². The number of benzene rings is 1. The van der Waals surface area contributed by atoms with Crippen molar-refractivity contribution < 1.29 is 9.59 Å². The van der Waals surface area contributed by atoms with Gasteiger partial charge in [-0.15, -0.1) is 4.48 Å². The number of anilines is 1. The highest BCUT2D eigenvalue weighted by atomic mass is 16.2. The van der Waals surface area contributed by atoms with Crippen LogP contribution in [0.15, 0.2) is 18.2 Å². The lowest BCUT2D eigenvalue weighted by Crippen LogP contribution is -2.73. The molecule has 6 rings (SSSR count). The molecule has 6 heteroatoms. The highest BCUT2D eigenvalue weighted by molar-refractivity contribution is 6.21. The van der Waals surface area contributed by atoms with Crippen LogP contribution in [-0.2, 0) is 6.42 Å². The summed E-state index contributed by atoms with van der Waals surface area (Å²) in [4.78, 5) is 30.5. The van der Waals surface area contributed by atoms with Gasteiger partial charge in [0.25, 0.3) is 0 Å². The van der Waals surface area contributed by atoms with Crippen LogP contribution in [0.5, 0.6) is 0 Å². The molecule has 3 fully saturated rings. The molecule has 2 unspecified atom stereocenters. The second-order valence-electron chi connectivity index (χ2n) is 7.59. The van der Waals surface area contributed by atoms with Gasteiger partial charge in [-0.25, -0.2) is 9.59 Å². The number of carbonyl (C=O) groups excluding carboxylic acids is 2. The van der Waals surface area contributed by atoms with E-state index in [-0.39, 0.29) is 16.6 Å². The van der Waals surface area contributed by atoms with Crippen LogP contribution < -0.4 is 15.1 Å². The zero-order chi connectivity index (χ0) is 16.5. The molecule has 126 valence electrons. The molecule has 1 aromatic rings. The third kappa shape index (κ3) is 1.58. The maximum Gasteiger partial charge on any atom is 0.438 e. The Kier molecular flexibility index (Phi) is 2.89. The third-order valence-electron chi connectivity index (χ3n) is 6.58. The van der Waals surface area contributed by atoms with Gasteiger partial charge in [0.05, 0.1) is 6.54 Å². The minimum atomic E-state index is -0.512. The smallest absolute Gasteiger partial charge is 0.318 e. The number of primary amides is 1. The van der Waals surface area contributed by atoms with Crippen molar-refractivity contribution in [1.29, 1.82) is 0 Å². The number of piperidine rings is 3. The molecule has 4 amide bonds. The molecule has 0 saturated carbocycles. The molecular weight excluding hydrogens is 304 g/mol. The average molecular weight is 327 g/mol. The van der Waals surface area contributed by atoms with Crippen LogP contribution in [0.4, 0.5) is 21.0 Å². The number of para-hydroxylation sites is 1. The van der Waals surface area contributed by atoms with Crippen molar-refractivity contribution in [3.8, 4) is 0 Å². The van der Waals surface area contributed by atoms with E-state index in [1.807, 2.05) is 17.0 Å². The molecule has 5 aliphatic heterocycles. The molecule has 1 aromatic carbocycles. The molecular formula is C18H23N4O2+.